The Balaban J connectivity index is 1.50. The minimum absolute atomic E-state index is 0.127. The van der Waals surface area contributed by atoms with Gasteiger partial charge >= 0.3 is 0 Å². The molecule has 166 valence electrons. The predicted molar refractivity (Wildman–Crippen MR) is 120 cm³/mol. The molecular weight excluding hydrogens is 392 g/mol. The van der Waals surface area contributed by atoms with Crippen LogP contribution in [0.15, 0.2) is 48.5 Å². The molecule has 0 atom stereocenters. The summed E-state index contributed by atoms with van der Waals surface area (Å²) in [5, 5.41) is 0. The zero-order chi connectivity index (χ0) is 22.1. The van der Waals surface area contributed by atoms with Crippen molar-refractivity contribution in [1.29, 1.82) is 0 Å². The molecule has 1 saturated heterocycles. The minimum Gasteiger partial charge on any atom is -0.493 e. The third kappa shape index (κ3) is 6.48. The summed E-state index contributed by atoms with van der Waals surface area (Å²) in [7, 11) is 1.62. The molecule has 3 rings (SSSR count). The van der Waals surface area contributed by atoms with E-state index < -0.39 is 0 Å². The molecule has 0 radical (unpaired) electrons. The topological polar surface area (TPSA) is 59.1 Å². The van der Waals surface area contributed by atoms with Crippen LogP contribution >= 0.6 is 0 Å². The zero-order valence-electron chi connectivity index (χ0n) is 18.5. The van der Waals surface area contributed by atoms with Crippen molar-refractivity contribution < 1.29 is 19.1 Å². The van der Waals surface area contributed by atoms with Crippen molar-refractivity contribution in [2.24, 2.45) is 0 Å². The van der Waals surface area contributed by atoms with Crippen molar-refractivity contribution in [2.45, 2.75) is 32.6 Å². The number of benzene rings is 2. The molecule has 2 aromatic rings. The Bertz CT molecular complexity index is 869. The highest BCUT2D eigenvalue weighted by Crippen LogP contribution is 2.28. The third-order valence-electron chi connectivity index (χ3n) is 5.55. The predicted octanol–water partition coefficient (Wildman–Crippen LogP) is 3.33. The van der Waals surface area contributed by atoms with Gasteiger partial charge in [0, 0.05) is 32.6 Å². The Hall–Kier alpha value is -3.02. The fourth-order valence-electron chi connectivity index (χ4n) is 3.85. The quantitative estimate of drug-likeness (QED) is 0.652. The third-order valence-corrected chi connectivity index (χ3v) is 5.55. The second-order valence-corrected chi connectivity index (χ2v) is 7.70. The van der Waals surface area contributed by atoms with Gasteiger partial charge in [0.15, 0.2) is 11.5 Å². The van der Waals surface area contributed by atoms with Crippen LogP contribution in [0.3, 0.4) is 0 Å². The Kier molecular flexibility index (Phi) is 8.33. The fourth-order valence-corrected chi connectivity index (χ4v) is 3.85. The lowest BCUT2D eigenvalue weighted by Crippen LogP contribution is -2.38. The van der Waals surface area contributed by atoms with Gasteiger partial charge in [-0.2, -0.15) is 0 Å². The largest absolute Gasteiger partial charge is 0.493 e. The first-order valence-corrected chi connectivity index (χ1v) is 11.0. The van der Waals surface area contributed by atoms with Gasteiger partial charge in [-0.15, -0.1) is 0 Å². The molecule has 1 aliphatic heterocycles. The number of nitrogens with zero attached hydrogens (tertiary/aromatic N) is 2. The normalized spacial score (nSPS) is 14.1. The van der Waals surface area contributed by atoms with Crippen LogP contribution in [0.1, 0.15) is 30.9 Å². The average Bonchev–Trinajstić information content (AvgIpc) is 3.05. The lowest BCUT2D eigenvalue weighted by atomic mass is 10.1. The van der Waals surface area contributed by atoms with Crippen LogP contribution in [0.25, 0.3) is 0 Å². The summed E-state index contributed by atoms with van der Waals surface area (Å²) in [6, 6.07) is 15.6. The minimum atomic E-state index is 0.127. The number of hydrogen-bond donors (Lipinski definition) is 0. The molecule has 0 N–H and O–H groups in total. The molecular formula is C25H32N2O4. The van der Waals surface area contributed by atoms with E-state index in [-0.39, 0.29) is 11.8 Å². The molecule has 1 heterocycles. The van der Waals surface area contributed by atoms with Gasteiger partial charge in [-0.1, -0.05) is 36.4 Å². The summed E-state index contributed by atoms with van der Waals surface area (Å²) < 4.78 is 10.9. The molecule has 0 spiro atoms. The number of ether oxygens (including phenoxy) is 2. The van der Waals surface area contributed by atoms with Gasteiger partial charge in [0.25, 0.3) is 0 Å². The van der Waals surface area contributed by atoms with E-state index >= 15 is 0 Å². The van der Waals surface area contributed by atoms with Crippen molar-refractivity contribution in [2.75, 3.05) is 39.9 Å². The van der Waals surface area contributed by atoms with Gasteiger partial charge in [-0.3, -0.25) is 9.59 Å². The maximum atomic E-state index is 12.8. The smallest absolute Gasteiger partial charge is 0.227 e. The van der Waals surface area contributed by atoms with Gasteiger partial charge in [-0.25, -0.2) is 0 Å². The molecule has 0 aliphatic carbocycles. The average molecular weight is 425 g/mol. The van der Waals surface area contributed by atoms with E-state index in [0.717, 1.165) is 17.5 Å². The number of amides is 2. The molecule has 0 aromatic heterocycles. The second kappa shape index (κ2) is 11.4. The summed E-state index contributed by atoms with van der Waals surface area (Å²) in [6.07, 6.45) is 2.31. The lowest BCUT2D eigenvalue weighted by molar-refractivity contribution is -0.133. The molecule has 2 amide bonds. The van der Waals surface area contributed by atoms with E-state index in [2.05, 4.69) is 0 Å². The SMILES string of the molecule is CCOc1ccc(CCC(=O)N2CCCN(C(=O)Cc3ccccc3)CC2)cc1OC. The van der Waals surface area contributed by atoms with Crippen molar-refractivity contribution in [1.82, 2.24) is 9.80 Å². The van der Waals surface area contributed by atoms with Crippen molar-refractivity contribution in [3.63, 3.8) is 0 Å². The molecule has 1 aliphatic rings. The number of rotatable bonds is 8. The molecule has 6 nitrogen and oxygen atoms in total. The Morgan fingerprint density at radius 3 is 2.26 bits per heavy atom. The van der Waals surface area contributed by atoms with Crippen LogP contribution in [0, 0.1) is 0 Å². The molecule has 0 saturated carbocycles. The number of methoxy groups -OCH3 is 1. The Morgan fingerprint density at radius 1 is 0.871 bits per heavy atom. The van der Waals surface area contributed by atoms with Crippen LogP contribution < -0.4 is 9.47 Å². The monoisotopic (exact) mass is 424 g/mol. The van der Waals surface area contributed by atoms with E-state index in [1.54, 1.807) is 7.11 Å². The molecule has 0 unspecified atom stereocenters. The summed E-state index contributed by atoms with van der Waals surface area (Å²) in [4.78, 5) is 29.2. The summed E-state index contributed by atoms with van der Waals surface area (Å²) >= 11 is 0. The number of hydrogen-bond acceptors (Lipinski definition) is 4. The van der Waals surface area contributed by atoms with Gasteiger partial charge < -0.3 is 19.3 Å². The highest BCUT2D eigenvalue weighted by atomic mass is 16.5. The lowest BCUT2D eigenvalue weighted by Gasteiger charge is -2.22. The zero-order valence-corrected chi connectivity index (χ0v) is 18.5. The van der Waals surface area contributed by atoms with Crippen LogP contribution in [0.5, 0.6) is 11.5 Å². The molecule has 0 bridgehead atoms. The molecule has 31 heavy (non-hydrogen) atoms. The van der Waals surface area contributed by atoms with Gasteiger partial charge in [0.2, 0.25) is 11.8 Å². The first-order valence-electron chi connectivity index (χ1n) is 11.0. The van der Waals surface area contributed by atoms with E-state index in [1.165, 1.54) is 0 Å². The fraction of sp³-hybridized carbons (Fsp3) is 0.440. The van der Waals surface area contributed by atoms with E-state index in [9.17, 15) is 9.59 Å². The highest BCUT2D eigenvalue weighted by molar-refractivity contribution is 5.79. The molecule has 1 fully saturated rings. The standard InChI is InChI=1S/C25H32N2O4/c1-3-31-22-12-10-21(18-23(22)30-2)11-13-24(28)26-14-7-15-27(17-16-26)25(29)19-20-8-5-4-6-9-20/h4-6,8-10,12,18H,3,7,11,13-17,19H2,1-2H3. The first kappa shape index (κ1) is 22.7. The molecule has 2 aromatic carbocycles. The van der Waals surface area contributed by atoms with Crippen molar-refractivity contribution in [3.8, 4) is 11.5 Å². The van der Waals surface area contributed by atoms with Crippen LogP contribution in [-0.2, 0) is 22.4 Å². The van der Waals surface area contributed by atoms with E-state index in [0.29, 0.717) is 63.5 Å². The maximum Gasteiger partial charge on any atom is 0.227 e. The van der Waals surface area contributed by atoms with E-state index in [4.69, 9.17) is 9.47 Å². The first-order chi connectivity index (χ1) is 15.1. The van der Waals surface area contributed by atoms with Gasteiger partial charge in [0.1, 0.15) is 0 Å². The maximum absolute atomic E-state index is 12.8. The van der Waals surface area contributed by atoms with Crippen LogP contribution in [0.4, 0.5) is 0 Å². The van der Waals surface area contributed by atoms with Crippen LogP contribution in [0.2, 0.25) is 0 Å². The number of aryl methyl sites for hydroxylation is 1. The van der Waals surface area contributed by atoms with Gasteiger partial charge in [0.05, 0.1) is 20.1 Å². The molecule has 6 heteroatoms. The second-order valence-electron chi connectivity index (χ2n) is 7.70. The van der Waals surface area contributed by atoms with E-state index in [1.807, 2.05) is 65.3 Å². The van der Waals surface area contributed by atoms with Crippen molar-refractivity contribution >= 4 is 11.8 Å². The number of carbonyl (C=O) groups is 2. The number of carbonyl (C=O) groups excluding carboxylic acids is 2. The van der Waals surface area contributed by atoms with Crippen LogP contribution in [-0.4, -0.2) is 61.5 Å². The summed E-state index contributed by atoms with van der Waals surface area (Å²) in [6.45, 7) is 5.09. The summed E-state index contributed by atoms with van der Waals surface area (Å²) in [5.41, 5.74) is 2.07. The Morgan fingerprint density at radius 2 is 1.58 bits per heavy atom. The summed E-state index contributed by atoms with van der Waals surface area (Å²) in [5.74, 6) is 1.66. The van der Waals surface area contributed by atoms with Crippen molar-refractivity contribution in [3.05, 3.63) is 59.7 Å². The Labute approximate surface area is 184 Å². The highest BCUT2D eigenvalue weighted by Gasteiger charge is 2.22. The van der Waals surface area contributed by atoms with Gasteiger partial charge in [-0.05, 0) is 43.0 Å².